The summed E-state index contributed by atoms with van der Waals surface area (Å²) in [4.78, 5) is 20.9. The summed E-state index contributed by atoms with van der Waals surface area (Å²) in [7, 11) is 0. The third-order valence-electron chi connectivity index (χ3n) is 2.36. The third-order valence-corrected chi connectivity index (χ3v) is 2.36. The van der Waals surface area contributed by atoms with E-state index in [0.29, 0.717) is 0 Å². The van der Waals surface area contributed by atoms with E-state index in [-0.39, 0.29) is 0 Å². The molecule has 0 bridgehead atoms. The van der Waals surface area contributed by atoms with Crippen molar-refractivity contribution in [3.8, 4) is 0 Å². The molecule has 0 heterocycles. The van der Waals surface area contributed by atoms with Crippen molar-refractivity contribution < 1.29 is 19.8 Å². The van der Waals surface area contributed by atoms with Crippen molar-refractivity contribution in [2.24, 2.45) is 17.3 Å². The van der Waals surface area contributed by atoms with Gasteiger partial charge in [0.15, 0.2) is 0 Å². The van der Waals surface area contributed by atoms with Crippen molar-refractivity contribution in [2.75, 3.05) is 0 Å². The summed E-state index contributed by atoms with van der Waals surface area (Å²) in [5.41, 5.74) is -0.572. The topological polar surface area (TPSA) is 74.6 Å². The Morgan fingerprint density at radius 3 is 1.45 bits per heavy atom. The van der Waals surface area contributed by atoms with Crippen LogP contribution < -0.4 is 0 Å². The lowest BCUT2D eigenvalue weighted by Crippen LogP contribution is -2.05. The molecule has 0 aromatic carbocycles. The minimum atomic E-state index is -1.01. The van der Waals surface area contributed by atoms with Gasteiger partial charge in [0.05, 0.1) is 11.8 Å². The maximum Gasteiger partial charge on any atom is 0.307 e. The van der Waals surface area contributed by atoms with E-state index < -0.39 is 29.2 Å². The highest BCUT2D eigenvalue weighted by atomic mass is 16.4. The van der Waals surface area contributed by atoms with Gasteiger partial charge in [-0.2, -0.15) is 0 Å². The Bertz CT molecular complexity index is 196. The fourth-order valence-electron chi connectivity index (χ4n) is 1.56. The Balaban J connectivity index is 2.76. The lowest BCUT2D eigenvalue weighted by molar-refractivity contribution is -0.144. The van der Waals surface area contributed by atoms with E-state index in [4.69, 9.17) is 10.2 Å². The molecule has 62 valence electrons. The summed E-state index contributed by atoms with van der Waals surface area (Å²) < 4.78 is 0. The van der Waals surface area contributed by atoms with Gasteiger partial charge in [-0.1, -0.05) is 13.8 Å². The first-order valence-electron chi connectivity index (χ1n) is 3.34. The number of carbonyl (C=O) groups is 2. The van der Waals surface area contributed by atoms with Gasteiger partial charge in [-0.15, -0.1) is 0 Å². The molecular formula is C7H10O4. The van der Waals surface area contributed by atoms with Gasteiger partial charge < -0.3 is 10.2 Å². The van der Waals surface area contributed by atoms with E-state index in [1.54, 1.807) is 13.8 Å². The summed E-state index contributed by atoms with van der Waals surface area (Å²) in [6, 6.07) is 0. The highest BCUT2D eigenvalue weighted by Crippen LogP contribution is 2.58. The van der Waals surface area contributed by atoms with Crippen molar-refractivity contribution in [2.45, 2.75) is 13.8 Å². The minimum absolute atomic E-state index is 0.572. The summed E-state index contributed by atoms with van der Waals surface area (Å²) in [6.07, 6.45) is 0. The van der Waals surface area contributed by atoms with Gasteiger partial charge >= 0.3 is 11.9 Å². The predicted octanol–water partition coefficient (Wildman–Crippen LogP) is 0.428. The SMILES string of the molecule is CC1(C)C(C(=O)O)[C@@H]1C(=O)O. The van der Waals surface area contributed by atoms with E-state index in [0.717, 1.165) is 0 Å². The fourth-order valence-corrected chi connectivity index (χ4v) is 1.56. The van der Waals surface area contributed by atoms with Crippen LogP contribution in [0.3, 0.4) is 0 Å². The number of carboxylic acids is 2. The van der Waals surface area contributed by atoms with Crippen LogP contribution in [-0.2, 0) is 9.59 Å². The van der Waals surface area contributed by atoms with Gasteiger partial charge in [0.25, 0.3) is 0 Å². The van der Waals surface area contributed by atoms with Crippen LogP contribution in [0.15, 0.2) is 0 Å². The highest BCUT2D eigenvalue weighted by molar-refractivity contribution is 5.87. The Morgan fingerprint density at radius 1 is 1.09 bits per heavy atom. The summed E-state index contributed by atoms with van der Waals surface area (Å²) in [5, 5.41) is 17.1. The van der Waals surface area contributed by atoms with Gasteiger partial charge in [-0.3, -0.25) is 9.59 Å². The van der Waals surface area contributed by atoms with Crippen LogP contribution in [0, 0.1) is 17.3 Å². The lowest BCUT2D eigenvalue weighted by atomic mass is 10.1. The molecule has 4 heteroatoms. The van der Waals surface area contributed by atoms with Crippen LogP contribution in [-0.4, -0.2) is 22.2 Å². The van der Waals surface area contributed by atoms with Crippen molar-refractivity contribution in [1.82, 2.24) is 0 Å². The molecule has 2 N–H and O–H groups in total. The largest absolute Gasteiger partial charge is 0.481 e. The van der Waals surface area contributed by atoms with Gasteiger partial charge in [-0.05, 0) is 5.41 Å². The Kier molecular flexibility index (Phi) is 1.44. The molecule has 1 rings (SSSR count). The zero-order chi connectivity index (χ0) is 8.81. The van der Waals surface area contributed by atoms with E-state index in [9.17, 15) is 9.59 Å². The molecule has 0 aromatic heterocycles. The van der Waals surface area contributed by atoms with Crippen LogP contribution in [0.1, 0.15) is 13.8 Å². The second kappa shape index (κ2) is 1.96. The Labute approximate surface area is 63.8 Å². The number of rotatable bonds is 2. The smallest absolute Gasteiger partial charge is 0.307 e. The quantitative estimate of drug-likeness (QED) is 0.611. The molecule has 2 atom stereocenters. The van der Waals surface area contributed by atoms with Crippen molar-refractivity contribution in [1.29, 1.82) is 0 Å². The van der Waals surface area contributed by atoms with Gasteiger partial charge in [0, 0.05) is 0 Å². The Hall–Kier alpha value is -1.06. The molecule has 4 nitrogen and oxygen atoms in total. The van der Waals surface area contributed by atoms with E-state index in [1.165, 1.54) is 0 Å². The van der Waals surface area contributed by atoms with Crippen molar-refractivity contribution in [3.05, 3.63) is 0 Å². The maximum atomic E-state index is 10.4. The summed E-state index contributed by atoms with van der Waals surface area (Å²) >= 11 is 0. The first-order valence-corrected chi connectivity index (χ1v) is 3.34. The van der Waals surface area contributed by atoms with Crippen LogP contribution in [0.2, 0.25) is 0 Å². The third kappa shape index (κ3) is 0.982. The molecule has 11 heavy (non-hydrogen) atoms. The molecule has 1 unspecified atom stereocenters. The zero-order valence-electron chi connectivity index (χ0n) is 6.37. The average Bonchev–Trinajstić information content (AvgIpc) is 2.33. The van der Waals surface area contributed by atoms with Crippen molar-refractivity contribution in [3.63, 3.8) is 0 Å². The molecule has 1 saturated carbocycles. The molecule has 1 aliphatic carbocycles. The number of hydrogen-bond donors (Lipinski definition) is 2. The van der Waals surface area contributed by atoms with Crippen molar-refractivity contribution >= 4 is 11.9 Å². The summed E-state index contributed by atoms with van der Waals surface area (Å²) in [5.74, 6) is -3.44. The first-order chi connectivity index (χ1) is 4.89. The molecular weight excluding hydrogens is 148 g/mol. The van der Waals surface area contributed by atoms with Crippen LogP contribution >= 0.6 is 0 Å². The maximum absolute atomic E-state index is 10.4. The molecule has 0 aliphatic heterocycles. The van der Waals surface area contributed by atoms with Gasteiger partial charge in [-0.25, -0.2) is 0 Å². The molecule has 0 aromatic rings. The number of aliphatic carboxylic acids is 2. The molecule has 0 spiro atoms. The van der Waals surface area contributed by atoms with E-state index >= 15 is 0 Å². The molecule has 1 fully saturated rings. The van der Waals surface area contributed by atoms with E-state index in [2.05, 4.69) is 0 Å². The molecule has 0 radical (unpaired) electrons. The second-order valence-corrected chi connectivity index (χ2v) is 3.45. The van der Waals surface area contributed by atoms with Crippen LogP contribution in [0.4, 0.5) is 0 Å². The van der Waals surface area contributed by atoms with Crippen LogP contribution in [0.5, 0.6) is 0 Å². The van der Waals surface area contributed by atoms with Gasteiger partial charge in [0.1, 0.15) is 0 Å². The lowest BCUT2D eigenvalue weighted by Gasteiger charge is -1.95. The second-order valence-electron chi connectivity index (χ2n) is 3.45. The molecule has 0 saturated heterocycles. The highest BCUT2D eigenvalue weighted by Gasteiger charge is 2.66. The molecule has 1 aliphatic rings. The average molecular weight is 158 g/mol. The fraction of sp³-hybridized carbons (Fsp3) is 0.714. The predicted molar refractivity (Wildman–Crippen MR) is 36.0 cm³/mol. The van der Waals surface area contributed by atoms with Crippen LogP contribution in [0.25, 0.3) is 0 Å². The minimum Gasteiger partial charge on any atom is -0.481 e. The van der Waals surface area contributed by atoms with E-state index in [1.807, 2.05) is 0 Å². The number of carboxylic acid groups (broad SMARTS) is 2. The molecule has 0 amide bonds. The first kappa shape index (κ1) is 8.04. The standard InChI is InChI=1S/C7H10O4/c1-7(2)3(5(8)9)4(7)6(10)11/h3-4H,1-2H3,(H,8,9)(H,10,11)/t3-,4?/m1/s1. The van der Waals surface area contributed by atoms with Gasteiger partial charge in [0.2, 0.25) is 0 Å². The monoisotopic (exact) mass is 158 g/mol. The summed E-state index contributed by atoms with van der Waals surface area (Å²) in [6.45, 7) is 3.31. The normalized spacial score (nSPS) is 32.9. The zero-order valence-corrected chi connectivity index (χ0v) is 6.37. The Morgan fingerprint density at radius 2 is 1.36 bits per heavy atom. The number of hydrogen-bond acceptors (Lipinski definition) is 2.